The SMILES string of the molecule is CCCC(=O)Nc1cccc(NC(=O)c2ccccc2CC)c1. The third-order valence-electron chi connectivity index (χ3n) is 3.52. The summed E-state index contributed by atoms with van der Waals surface area (Å²) in [6, 6.07) is 14.8. The van der Waals surface area contributed by atoms with Crippen molar-refractivity contribution in [2.75, 3.05) is 10.6 Å². The minimum atomic E-state index is -0.139. The molecule has 0 aliphatic heterocycles. The van der Waals surface area contributed by atoms with Gasteiger partial charge in [-0.3, -0.25) is 9.59 Å². The summed E-state index contributed by atoms with van der Waals surface area (Å²) in [5.41, 5.74) is 3.04. The van der Waals surface area contributed by atoms with Crippen molar-refractivity contribution in [2.45, 2.75) is 33.1 Å². The fourth-order valence-corrected chi connectivity index (χ4v) is 2.37. The summed E-state index contributed by atoms with van der Waals surface area (Å²) in [4.78, 5) is 24.1. The average molecular weight is 310 g/mol. The molecule has 4 nitrogen and oxygen atoms in total. The van der Waals surface area contributed by atoms with Crippen molar-refractivity contribution in [1.82, 2.24) is 0 Å². The fourth-order valence-electron chi connectivity index (χ4n) is 2.37. The highest BCUT2D eigenvalue weighted by atomic mass is 16.2. The normalized spacial score (nSPS) is 10.2. The Hall–Kier alpha value is -2.62. The lowest BCUT2D eigenvalue weighted by Crippen LogP contribution is -2.15. The molecule has 2 aromatic rings. The predicted molar refractivity (Wildman–Crippen MR) is 93.8 cm³/mol. The van der Waals surface area contributed by atoms with Gasteiger partial charge in [0, 0.05) is 23.4 Å². The van der Waals surface area contributed by atoms with Crippen LogP contribution in [-0.2, 0) is 11.2 Å². The van der Waals surface area contributed by atoms with E-state index in [1.54, 1.807) is 6.07 Å². The van der Waals surface area contributed by atoms with E-state index in [2.05, 4.69) is 10.6 Å². The van der Waals surface area contributed by atoms with Crippen molar-refractivity contribution in [3.05, 3.63) is 59.7 Å². The number of aryl methyl sites for hydroxylation is 1. The summed E-state index contributed by atoms with van der Waals surface area (Å²) in [6.07, 6.45) is 2.09. The second kappa shape index (κ2) is 8.13. The van der Waals surface area contributed by atoms with Crippen molar-refractivity contribution < 1.29 is 9.59 Å². The summed E-state index contributed by atoms with van der Waals surface area (Å²) < 4.78 is 0. The van der Waals surface area contributed by atoms with Crippen molar-refractivity contribution in [3.63, 3.8) is 0 Å². The van der Waals surface area contributed by atoms with Gasteiger partial charge in [-0.05, 0) is 42.7 Å². The van der Waals surface area contributed by atoms with Crippen LogP contribution in [0.2, 0.25) is 0 Å². The predicted octanol–water partition coefficient (Wildman–Crippen LogP) is 4.24. The number of benzene rings is 2. The van der Waals surface area contributed by atoms with E-state index in [0.717, 1.165) is 18.4 Å². The largest absolute Gasteiger partial charge is 0.326 e. The van der Waals surface area contributed by atoms with E-state index in [1.807, 2.05) is 56.3 Å². The second-order valence-corrected chi connectivity index (χ2v) is 5.34. The second-order valence-electron chi connectivity index (χ2n) is 5.34. The number of anilines is 2. The van der Waals surface area contributed by atoms with Crippen molar-refractivity contribution in [3.8, 4) is 0 Å². The molecule has 0 bridgehead atoms. The lowest BCUT2D eigenvalue weighted by Gasteiger charge is -2.10. The molecule has 2 N–H and O–H groups in total. The van der Waals surface area contributed by atoms with E-state index in [-0.39, 0.29) is 11.8 Å². The number of carbonyl (C=O) groups excluding carboxylic acids is 2. The first-order valence-electron chi connectivity index (χ1n) is 7.93. The van der Waals surface area contributed by atoms with Crippen LogP contribution in [0.5, 0.6) is 0 Å². The van der Waals surface area contributed by atoms with E-state index < -0.39 is 0 Å². The first kappa shape index (κ1) is 16.7. The van der Waals surface area contributed by atoms with Gasteiger partial charge < -0.3 is 10.6 Å². The number of rotatable bonds is 6. The molecule has 0 unspecified atom stereocenters. The molecule has 0 saturated heterocycles. The van der Waals surface area contributed by atoms with Crippen LogP contribution in [0.4, 0.5) is 11.4 Å². The highest BCUT2D eigenvalue weighted by molar-refractivity contribution is 6.05. The quantitative estimate of drug-likeness (QED) is 0.838. The molecule has 120 valence electrons. The van der Waals surface area contributed by atoms with E-state index in [1.165, 1.54) is 0 Å². The maximum Gasteiger partial charge on any atom is 0.255 e. The van der Waals surface area contributed by atoms with Crippen LogP contribution in [0, 0.1) is 0 Å². The van der Waals surface area contributed by atoms with Crippen LogP contribution in [0.3, 0.4) is 0 Å². The number of amides is 2. The minimum Gasteiger partial charge on any atom is -0.326 e. The molecule has 23 heavy (non-hydrogen) atoms. The summed E-state index contributed by atoms with van der Waals surface area (Å²) >= 11 is 0. The molecule has 0 spiro atoms. The number of carbonyl (C=O) groups is 2. The zero-order chi connectivity index (χ0) is 16.7. The third-order valence-corrected chi connectivity index (χ3v) is 3.52. The fraction of sp³-hybridized carbons (Fsp3) is 0.263. The molecule has 0 saturated carbocycles. The smallest absolute Gasteiger partial charge is 0.255 e. The number of hydrogen-bond donors (Lipinski definition) is 2. The van der Waals surface area contributed by atoms with Crippen molar-refractivity contribution in [1.29, 1.82) is 0 Å². The molecule has 2 amide bonds. The first-order chi connectivity index (χ1) is 11.1. The Balaban J connectivity index is 2.11. The summed E-state index contributed by atoms with van der Waals surface area (Å²) in [6.45, 7) is 3.98. The first-order valence-corrected chi connectivity index (χ1v) is 7.93. The van der Waals surface area contributed by atoms with E-state index >= 15 is 0 Å². The van der Waals surface area contributed by atoms with E-state index in [4.69, 9.17) is 0 Å². The molecule has 2 rings (SSSR count). The summed E-state index contributed by atoms with van der Waals surface area (Å²) in [5.74, 6) is -0.160. The third kappa shape index (κ3) is 4.68. The summed E-state index contributed by atoms with van der Waals surface area (Å²) in [5, 5.41) is 5.72. The molecule has 4 heteroatoms. The van der Waals surface area contributed by atoms with Crippen LogP contribution in [0.25, 0.3) is 0 Å². The Labute approximate surface area is 136 Å². The maximum atomic E-state index is 12.4. The molecule has 0 fully saturated rings. The Morgan fingerprint density at radius 1 is 0.913 bits per heavy atom. The Morgan fingerprint density at radius 2 is 1.61 bits per heavy atom. The highest BCUT2D eigenvalue weighted by Crippen LogP contribution is 2.18. The van der Waals surface area contributed by atoms with Crippen LogP contribution < -0.4 is 10.6 Å². The van der Waals surface area contributed by atoms with E-state index in [9.17, 15) is 9.59 Å². The van der Waals surface area contributed by atoms with Gasteiger partial charge in [-0.2, -0.15) is 0 Å². The van der Waals surface area contributed by atoms with Gasteiger partial charge in [0.25, 0.3) is 5.91 Å². The maximum absolute atomic E-state index is 12.4. The zero-order valence-corrected chi connectivity index (χ0v) is 13.6. The Bertz CT molecular complexity index is 695. The van der Waals surface area contributed by atoms with Gasteiger partial charge in [-0.25, -0.2) is 0 Å². The molecule has 0 heterocycles. The van der Waals surface area contributed by atoms with Gasteiger partial charge in [0.2, 0.25) is 5.91 Å². The molecular formula is C19H22N2O2. The molecule has 0 aliphatic rings. The van der Waals surface area contributed by atoms with Crippen LogP contribution in [0.15, 0.2) is 48.5 Å². The topological polar surface area (TPSA) is 58.2 Å². The number of hydrogen-bond acceptors (Lipinski definition) is 2. The molecule has 2 aromatic carbocycles. The molecule has 0 radical (unpaired) electrons. The van der Waals surface area contributed by atoms with Crippen LogP contribution in [0.1, 0.15) is 42.6 Å². The molecular weight excluding hydrogens is 288 g/mol. The number of nitrogens with one attached hydrogen (secondary N) is 2. The Morgan fingerprint density at radius 3 is 2.30 bits per heavy atom. The summed E-state index contributed by atoms with van der Waals surface area (Å²) in [7, 11) is 0. The molecule has 0 atom stereocenters. The van der Waals surface area contributed by atoms with Gasteiger partial charge >= 0.3 is 0 Å². The van der Waals surface area contributed by atoms with Gasteiger partial charge in [0.1, 0.15) is 0 Å². The van der Waals surface area contributed by atoms with Gasteiger partial charge in [-0.1, -0.05) is 38.1 Å². The molecule has 0 aliphatic carbocycles. The van der Waals surface area contributed by atoms with Crippen LogP contribution >= 0.6 is 0 Å². The minimum absolute atomic E-state index is 0.0210. The lowest BCUT2D eigenvalue weighted by molar-refractivity contribution is -0.116. The van der Waals surface area contributed by atoms with E-state index in [0.29, 0.717) is 23.4 Å². The van der Waals surface area contributed by atoms with Crippen molar-refractivity contribution in [2.24, 2.45) is 0 Å². The zero-order valence-electron chi connectivity index (χ0n) is 13.6. The Kier molecular flexibility index (Phi) is 5.92. The van der Waals surface area contributed by atoms with Gasteiger partial charge in [-0.15, -0.1) is 0 Å². The van der Waals surface area contributed by atoms with Gasteiger partial charge in [0.05, 0.1) is 0 Å². The van der Waals surface area contributed by atoms with Crippen LogP contribution in [-0.4, -0.2) is 11.8 Å². The molecule has 0 aromatic heterocycles. The average Bonchev–Trinajstić information content (AvgIpc) is 2.55. The van der Waals surface area contributed by atoms with Gasteiger partial charge in [0.15, 0.2) is 0 Å². The highest BCUT2D eigenvalue weighted by Gasteiger charge is 2.10. The lowest BCUT2D eigenvalue weighted by atomic mass is 10.0. The standard InChI is InChI=1S/C19H22N2O2/c1-3-8-18(22)20-15-10-7-11-16(13-15)21-19(23)17-12-6-5-9-14(17)4-2/h5-7,9-13H,3-4,8H2,1-2H3,(H,20,22)(H,21,23). The van der Waals surface area contributed by atoms with Crippen molar-refractivity contribution >= 4 is 23.2 Å². The monoisotopic (exact) mass is 310 g/mol.